The smallest absolute Gasteiger partial charge is 0.264 e. The van der Waals surface area contributed by atoms with E-state index >= 15 is 0 Å². The molecule has 0 bridgehead atoms. The molecule has 2 aromatic rings. The average Bonchev–Trinajstić information content (AvgIpc) is 2.46. The van der Waals surface area contributed by atoms with Crippen molar-refractivity contribution in [1.29, 1.82) is 0 Å². The van der Waals surface area contributed by atoms with Crippen LogP contribution in [0.3, 0.4) is 0 Å². The number of aliphatic hydroxyl groups is 1. The maximum atomic E-state index is 12.6. The highest BCUT2D eigenvalue weighted by atomic mass is 32.2. The van der Waals surface area contributed by atoms with E-state index in [1.54, 1.807) is 25.1 Å². The van der Waals surface area contributed by atoms with Crippen molar-refractivity contribution in [3.63, 3.8) is 0 Å². The van der Waals surface area contributed by atoms with Crippen LogP contribution in [0.15, 0.2) is 53.4 Å². The standard InChI is InChI=1S/C16H19NO3S/c1-12-5-4-6-15(11-12)17(3)21(19,20)16-9-7-14(8-10-16)13(2)18/h4-11,13,18H,1-3H3. The van der Waals surface area contributed by atoms with E-state index in [-0.39, 0.29) is 4.90 Å². The quantitative estimate of drug-likeness (QED) is 0.945. The van der Waals surface area contributed by atoms with Gasteiger partial charge in [-0.25, -0.2) is 8.42 Å². The zero-order chi connectivity index (χ0) is 15.6. The molecule has 112 valence electrons. The van der Waals surface area contributed by atoms with Crippen molar-refractivity contribution in [1.82, 2.24) is 0 Å². The molecule has 0 aliphatic heterocycles. The number of sulfonamides is 1. The second kappa shape index (κ2) is 5.87. The van der Waals surface area contributed by atoms with Gasteiger partial charge in [-0.2, -0.15) is 0 Å². The van der Waals surface area contributed by atoms with Crippen LogP contribution in [0.2, 0.25) is 0 Å². The Balaban J connectivity index is 2.37. The summed E-state index contributed by atoms with van der Waals surface area (Å²) in [7, 11) is -2.07. The maximum absolute atomic E-state index is 12.6. The molecule has 0 aromatic heterocycles. The molecule has 1 unspecified atom stereocenters. The summed E-state index contributed by atoms with van der Waals surface area (Å²) in [5.74, 6) is 0. The first kappa shape index (κ1) is 15.5. The Bertz CT molecular complexity index is 721. The van der Waals surface area contributed by atoms with Gasteiger partial charge in [0, 0.05) is 7.05 Å². The van der Waals surface area contributed by atoms with Gasteiger partial charge in [0.25, 0.3) is 10.0 Å². The summed E-state index contributed by atoms with van der Waals surface area (Å²) >= 11 is 0. The van der Waals surface area contributed by atoms with Crippen LogP contribution < -0.4 is 4.31 Å². The lowest BCUT2D eigenvalue weighted by Gasteiger charge is -2.20. The first-order valence-electron chi connectivity index (χ1n) is 6.66. The van der Waals surface area contributed by atoms with Gasteiger partial charge in [0.15, 0.2) is 0 Å². The summed E-state index contributed by atoms with van der Waals surface area (Å²) in [6.45, 7) is 3.56. The van der Waals surface area contributed by atoms with Crippen molar-refractivity contribution in [2.75, 3.05) is 11.4 Å². The van der Waals surface area contributed by atoms with Crippen LogP contribution in [0.1, 0.15) is 24.2 Å². The number of benzene rings is 2. The average molecular weight is 305 g/mol. The fraction of sp³-hybridized carbons (Fsp3) is 0.250. The lowest BCUT2D eigenvalue weighted by molar-refractivity contribution is 0.199. The number of nitrogens with zero attached hydrogens (tertiary/aromatic N) is 1. The number of hydrogen-bond donors (Lipinski definition) is 1. The minimum Gasteiger partial charge on any atom is -0.389 e. The molecule has 0 aliphatic carbocycles. The van der Waals surface area contributed by atoms with Gasteiger partial charge < -0.3 is 5.11 Å². The van der Waals surface area contributed by atoms with Gasteiger partial charge in [0.1, 0.15) is 0 Å². The monoisotopic (exact) mass is 305 g/mol. The molecule has 0 saturated carbocycles. The fourth-order valence-electron chi connectivity index (χ4n) is 2.04. The third-order valence-electron chi connectivity index (χ3n) is 3.39. The Morgan fingerprint density at radius 1 is 1.10 bits per heavy atom. The van der Waals surface area contributed by atoms with Gasteiger partial charge in [0.05, 0.1) is 16.7 Å². The van der Waals surface area contributed by atoms with Crippen LogP contribution in [0.4, 0.5) is 5.69 Å². The first-order valence-corrected chi connectivity index (χ1v) is 8.10. The van der Waals surface area contributed by atoms with E-state index in [0.29, 0.717) is 11.3 Å². The molecule has 2 aromatic carbocycles. The van der Waals surface area contributed by atoms with Gasteiger partial charge in [-0.15, -0.1) is 0 Å². The summed E-state index contributed by atoms with van der Waals surface area (Å²) in [6, 6.07) is 13.6. The van der Waals surface area contributed by atoms with Crippen molar-refractivity contribution >= 4 is 15.7 Å². The Kier molecular flexibility index (Phi) is 4.34. The summed E-state index contributed by atoms with van der Waals surface area (Å²) in [4.78, 5) is 0.205. The second-order valence-corrected chi connectivity index (χ2v) is 7.03. The van der Waals surface area contributed by atoms with E-state index in [1.807, 2.05) is 25.1 Å². The highest BCUT2D eigenvalue weighted by molar-refractivity contribution is 7.92. The zero-order valence-corrected chi connectivity index (χ0v) is 13.1. The van der Waals surface area contributed by atoms with E-state index in [1.165, 1.54) is 23.5 Å². The highest BCUT2D eigenvalue weighted by Crippen LogP contribution is 2.24. The molecule has 0 amide bonds. The molecule has 0 saturated heterocycles. The summed E-state index contributed by atoms with van der Waals surface area (Å²) < 4.78 is 26.4. The van der Waals surface area contributed by atoms with Crippen LogP contribution in [-0.2, 0) is 10.0 Å². The molecule has 4 nitrogen and oxygen atoms in total. The van der Waals surface area contributed by atoms with E-state index < -0.39 is 16.1 Å². The molecule has 0 spiro atoms. The SMILES string of the molecule is Cc1cccc(N(C)S(=O)(=O)c2ccc(C(C)O)cc2)c1. The van der Waals surface area contributed by atoms with Gasteiger partial charge in [-0.05, 0) is 49.2 Å². The topological polar surface area (TPSA) is 57.6 Å². The fourth-order valence-corrected chi connectivity index (χ4v) is 3.23. The molecule has 2 rings (SSSR count). The van der Waals surface area contributed by atoms with E-state index in [4.69, 9.17) is 0 Å². The predicted octanol–water partition coefficient (Wildman–Crippen LogP) is 2.87. The van der Waals surface area contributed by atoms with Crippen molar-refractivity contribution in [2.24, 2.45) is 0 Å². The molecule has 0 aliphatic rings. The summed E-state index contributed by atoms with van der Waals surface area (Å²) in [5, 5.41) is 9.48. The molecule has 21 heavy (non-hydrogen) atoms. The molecule has 0 radical (unpaired) electrons. The number of aryl methyl sites for hydroxylation is 1. The van der Waals surface area contributed by atoms with Crippen molar-refractivity contribution in [3.05, 3.63) is 59.7 Å². The Hall–Kier alpha value is -1.85. The number of anilines is 1. The zero-order valence-electron chi connectivity index (χ0n) is 12.3. The van der Waals surface area contributed by atoms with Crippen LogP contribution in [0.5, 0.6) is 0 Å². The predicted molar refractivity (Wildman–Crippen MR) is 83.8 cm³/mol. The second-order valence-electron chi connectivity index (χ2n) is 5.06. The van der Waals surface area contributed by atoms with Crippen molar-refractivity contribution in [2.45, 2.75) is 24.8 Å². The lowest BCUT2D eigenvalue weighted by atomic mass is 10.1. The Labute approximate surface area is 125 Å². The van der Waals surface area contributed by atoms with Crippen LogP contribution in [0, 0.1) is 6.92 Å². The molecular formula is C16H19NO3S. The number of rotatable bonds is 4. The third-order valence-corrected chi connectivity index (χ3v) is 5.19. The van der Waals surface area contributed by atoms with Crippen molar-refractivity contribution < 1.29 is 13.5 Å². The minimum absolute atomic E-state index is 0.205. The number of aliphatic hydroxyl groups excluding tert-OH is 1. The Morgan fingerprint density at radius 3 is 2.24 bits per heavy atom. The van der Waals surface area contributed by atoms with E-state index in [0.717, 1.165) is 5.56 Å². The van der Waals surface area contributed by atoms with Gasteiger partial charge >= 0.3 is 0 Å². The van der Waals surface area contributed by atoms with Crippen LogP contribution in [-0.4, -0.2) is 20.6 Å². The maximum Gasteiger partial charge on any atom is 0.264 e. The summed E-state index contributed by atoms with van der Waals surface area (Å²) in [5.41, 5.74) is 2.31. The van der Waals surface area contributed by atoms with E-state index in [2.05, 4.69) is 0 Å². The van der Waals surface area contributed by atoms with Crippen LogP contribution in [0.25, 0.3) is 0 Å². The van der Waals surface area contributed by atoms with Gasteiger partial charge in [-0.3, -0.25) is 4.31 Å². The largest absolute Gasteiger partial charge is 0.389 e. The minimum atomic E-state index is -3.60. The highest BCUT2D eigenvalue weighted by Gasteiger charge is 2.21. The molecule has 1 atom stereocenters. The molecule has 1 N–H and O–H groups in total. The van der Waals surface area contributed by atoms with Gasteiger partial charge in [0.2, 0.25) is 0 Å². The lowest BCUT2D eigenvalue weighted by Crippen LogP contribution is -2.26. The normalized spacial score (nSPS) is 13.0. The van der Waals surface area contributed by atoms with Gasteiger partial charge in [-0.1, -0.05) is 24.3 Å². The molecule has 0 fully saturated rings. The molecular weight excluding hydrogens is 286 g/mol. The first-order chi connectivity index (χ1) is 9.82. The van der Waals surface area contributed by atoms with Crippen LogP contribution >= 0.6 is 0 Å². The summed E-state index contributed by atoms with van der Waals surface area (Å²) in [6.07, 6.45) is -0.615. The van der Waals surface area contributed by atoms with E-state index in [9.17, 15) is 13.5 Å². The van der Waals surface area contributed by atoms with Crippen molar-refractivity contribution in [3.8, 4) is 0 Å². The third kappa shape index (κ3) is 3.25. The molecule has 5 heteroatoms. The Morgan fingerprint density at radius 2 is 1.71 bits per heavy atom. The number of hydrogen-bond acceptors (Lipinski definition) is 3. The molecule has 0 heterocycles.